The van der Waals surface area contributed by atoms with Crippen LogP contribution in [0.1, 0.15) is 28.0 Å². The maximum absolute atomic E-state index is 4.26. The number of aryl methyl sites for hydroxylation is 1. The largest absolute Gasteiger partial charge is 0.349 e. The number of aromatic amines is 1. The summed E-state index contributed by atoms with van der Waals surface area (Å²) in [5, 5.41) is 8.00. The van der Waals surface area contributed by atoms with E-state index in [2.05, 4.69) is 50.3 Å². The average molecular weight is 317 g/mol. The van der Waals surface area contributed by atoms with E-state index in [0.29, 0.717) is 6.04 Å². The maximum atomic E-state index is 4.26. The molecule has 3 rings (SSSR count). The van der Waals surface area contributed by atoms with Crippen molar-refractivity contribution < 1.29 is 0 Å². The second-order valence-electron chi connectivity index (χ2n) is 4.95. The van der Waals surface area contributed by atoms with Crippen molar-refractivity contribution in [1.82, 2.24) is 15.3 Å². The molecule has 21 heavy (non-hydrogen) atoms. The Balaban J connectivity index is 1.52. The van der Waals surface area contributed by atoms with Gasteiger partial charge in [0.05, 0.1) is 0 Å². The van der Waals surface area contributed by atoms with Gasteiger partial charge in [-0.25, -0.2) is 4.98 Å². The van der Waals surface area contributed by atoms with E-state index in [9.17, 15) is 0 Å². The van der Waals surface area contributed by atoms with Crippen molar-refractivity contribution in [2.24, 2.45) is 0 Å². The van der Waals surface area contributed by atoms with Gasteiger partial charge in [-0.3, -0.25) is 0 Å². The summed E-state index contributed by atoms with van der Waals surface area (Å²) < 4.78 is 0. The first-order valence-electron chi connectivity index (χ1n) is 7.19. The lowest BCUT2D eigenvalue weighted by atomic mass is 10.1. The topological polar surface area (TPSA) is 40.7 Å². The van der Waals surface area contributed by atoms with Gasteiger partial charge in [0.25, 0.3) is 0 Å². The van der Waals surface area contributed by atoms with Crippen LogP contribution >= 0.6 is 22.7 Å². The first kappa shape index (κ1) is 14.5. The number of H-pyrrole nitrogens is 1. The van der Waals surface area contributed by atoms with Crippen LogP contribution in [-0.4, -0.2) is 16.5 Å². The Hall–Kier alpha value is -1.43. The maximum Gasteiger partial charge on any atom is 0.106 e. The van der Waals surface area contributed by atoms with Crippen LogP contribution in [0.3, 0.4) is 0 Å². The van der Waals surface area contributed by atoms with E-state index in [-0.39, 0.29) is 0 Å². The molecule has 1 unspecified atom stereocenters. The first-order valence-corrected chi connectivity index (χ1v) is 8.95. The van der Waals surface area contributed by atoms with Crippen LogP contribution < -0.4 is 5.32 Å². The van der Waals surface area contributed by atoms with Crippen LogP contribution in [-0.2, 0) is 12.8 Å². The number of hydrogen-bond acceptors (Lipinski definition) is 4. The molecule has 0 aromatic carbocycles. The molecule has 0 aliphatic heterocycles. The Kier molecular flexibility index (Phi) is 5.21. The van der Waals surface area contributed by atoms with E-state index >= 15 is 0 Å². The molecule has 3 aromatic rings. The van der Waals surface area contributed by atoms with E-state index in [1.807, 2.05) is 35.1 Å². The normalized spacial score (nSPS) is 12.6. The molecule has 5 heteroatoms. The smallest absolute Gasteiger partial charge is 0.106 e. The highest BCUT2D eigenvalue weighted by atomic mass is 32.1. The summed E-state index contributed by atoms with van der Waals surface area (Å²) in [6.45, 7) is 1.01. The van der Waals surface area contributed by atoms with E-state index < -0.39 is 0 Å². The standard InChI is InChI=1S/C16H19N3S2/c1(6-16-18-8-9-19-16)7-17-14(15-5-3-11-21-15)12-13-4-2-10-20-13/h2-5,8-11,14,17H,1,6-7,12H2,(H,18,19). The number of rotatable bonds is 8. The van der Waals surface area contributed by atoms with Gasteiger partial charge in [-0.1, -0.05) is 12.1 Å². The number of nitrogens with zero attached hydrogens (tertiary/aromatic N) is 1. The van der Waals surface area contributed by atoms with Crippen LogP contribution in [0.25, 0.3) is 0 Å². The van der Waals surface area contributed by atoms with Crippen LogP contribution in [0.2, 0.25) is 0 Å². The first-order chi connectivity index (χ1) is 10.4. The van der Waals surface area contributed by atoms with Crippen molar-refractivity contribution in [1.29, 1.82) is 0 Å². The molecule has 3 nitrogen and oxygen atoms in total. The zero-order valence-electron chi connectivity index (χ0n) is 11.8. The molecule has 0 bridgehead atoms. The van der Waals surface area contributed by atoms with Crippen LogP contribution in [0, 0.1) is 0 Å². The lowest BCUT2D eigenvalue weighted by Gasteiger charge is -2.16. The molecular weight excluding hydrogens is 298 g/mol. The molecule has 110 valence electrons. The summed E-state index contributed by atoms with van der Waals surface area (Å²) in [4.78, 5) is 10.3. The van der Waals surface area contributed by atoms with Gasteiger partial charge in [-0.05, 0) is 35.9 Å². The molecule has 0 aliphatic carbocycles. The molecule has 0 fully saturated rings. The van der Waals surface area contributed by atoms with Crippen molar-refractivity contribution in [2.75, 3.05) is 6.54 Å². The molecule has 0 amide bonds. The second kappa shape index (κ2) is 7.54. The average Bonchev–Trinajstić information content (AvgIpc) is 3.25. The SMILES string of the molecule is c1csc(CC(NCCCc2ncc[nH]2)c2cccs2)c1. The van der Waals surface area contributed by atoms with Crippen molar-refractivity contribution in [3.63, 3.8) is 0 Å². The Morgan fingerprint density at radius 1 is 1.19 bits per heavy atom. The quantitative estimate of drug-likeness (QED) is 0.616. The van der Waals surface area contributed by atoms with Gasteiger partial charge >= 0.3 is 0 Å². The third-order valence-corrected chi connectivity index (χ3v) is 5.29. The fourth-order valence-electron chi connectivity index (χ4n) is 2.36. The monoisotopic (exact) mass is 317 g/mol. The molecule has 1 atom stereocenters. The molecule has 0 aliphatic rings. The number of thiophene rings is 2. The minimum absolute atomic E-state index is 0.417. The molecule has 0 radical (unpaired) electrons. The number of hydrogen-bond donors (Lipinski definition) is 2. The van der Waals surface area contributed by atoms with Crippen LogP contribution in [0.5, 0.6) is 0 Å². The predicted octanol–water partition coefficient (Wildman–Crippen LogP) is 4.04. The van der Waals surface area contributed by atoms with E-state index in [4.69, 9.17) is 0 Å². The van der Waals surface area contributed by atoms with Gasteiger partial charge in [0.15, 0.2) is 0 Å². The third-order valence-electron chi connectivity index (χ3n) is 3.41. The lowest BCUT2D eigenvalue weighted by Crippen LogP contribution is -2.23. The third kappa shape index (κ3) is 4.27. The molecule has 2 N–H and O–H groups in total. The number of imidazole rings is 1. The van der Waals surface area contributed by atoms with Gasteiger partial charge in [0.2, 0.25) is 0 Å². The van der Waals surface area contributed by atoms with E-state index in [1.165, 1.54) is 9.75 Å². The Morgan fingerprint density at radius 3 is 2.81 bits per heavy atom. The number of nitrogens with one attached hydrogen (secondary N) is 2. The Bertz CT molecular complexity index is 600. The van der Waals surface area contributed by atoms with Gasteiger partial charge in [0, 0.05) is 41.0 Å². The summed E-state index contributed by atoms with van der Waals surface area (Å²) >= 11 is 3.67. The highest BCUT2D eigenvalue weighted by Gasteiger charge is 2.13. The van der Waals surface area contributed by atoms with Gasteiger partial charge in [-0.15, -0.1) is 22.7 Å². The van der Waals surface area contributed by atoms with Gasteiger partial charge in [0.1, 0.15) is 5.82 Å². The van der Waals surface area contributed by atoms with Gasteiger partial charge in [-0.2, -0.15) is 0 Å². The summed E-state index contributed by atoms with van der Waals surface area (Å²) in [5.41, 5.74) is 0. The molecule has 0 saturated heterocycles. The minimum atomic E-state index is 0.417. The van der Waals surface area contributed by atoms with E-state index in [0.717, 1.165) is 31.6 Å². The molecule has 0 spiro atoms. The molecular formula is C16H19N3S2. The fourth-order valence-corrected chi connectivity index (χ4v) is 3.91. The fraction of sp³-hybridized carbons (Fsp3) is 0.312. The highest BCUT2D eigenvalue weighted by molar-refractivity contribution is 7.10. The zero-order valence-corrected chi connectivity index (χ0v) is 13.4. The lowest BCUT2D eigenvalue weighted by molar-refractivity contribution is 0.527. The molecule has 0 saturated carbocycles. The predicted molar refractivity (Wildman–Crippen MR) is 90.0 cm³/mol. The summed E-state index contributed by atoms with van der Waals surface area (Å²) in [7, 11) is 0. The summed E-state index contributed by atoms with van der Waals surface area (Å²) in [6.07, 6.45) is 6.86. The van der Waals surface area contributed by atoms with Crippen molar-refractivity contribution in [3.8, 4) is 0 Å². The minimum Gasteiger partial charge on any atom is -0.349 e. The second-order valence-corrected chi connectivity index (χ2v) is 6.96. The van der Waals surface area contributed by atoms with E-state index in [1.54, 1.807) is 0 Å². The summed E-state index contributed by atoms with van der Waals surface area (Å²) in [6, 6.07) is 9.12. The van der Waals surface area contributed by atoms with Crippen molar-refractivity contribution >= 4 is 22.7 Å². The van der Waals surface area contributed by atoms with Crippen molar-refractivity contribution in [2.45, 2.75) is 25.3 Å². The highest BCUT2D eigenvalue weighted by Crippen LogP contribution is 2.24. The molecule has 3 aromatic heterocycles. The number of aromatic nitrogens is 2. The molecule has 3 heterocycles. The summed E-state index contributed by atoms with van der Waals surface area (Å²) in [5.74, 6) is 1.07. The zero-order chi connectivity index (χ0) is 14.3. The Morgan fingerprint density at radius 2 is 2.10 bits per heavy atom. The van der Waals surface area contributed by atoms with Crippen LogP contribution in [0.15, 0.2) is 47.4 Å². The Labute approximate surface area is 133 Å². The van der Waals surface area contributed by atoms with Gasteiger partial charge < -0.3 is 10.3 Å². The van der Waals surface area contributed by atoms with Crippen molar-refractivity contribution in [3.05, 3.63) is 63.0 Å². The van der Waals surface area contributed by atoms with Crippen LogP contribution in [0.4, 0.5) is 0 Å².